The number of nitrogens with one attached hydrogen (secondary N) is 1. The lowest BCUT2D eigenvalue weighted by Gasteiger charge is -2.30. The van der Waals surface area contributed by atoms with E-state index in [0.717, 1.165) is 52.2 Å². The van der Waals surface area contributed by atoms with Gasteiger partial charge in [-0.15, -0.1) is 0 Å². The quantitative estimate of drug-likeness (QED) is 0.443. The molecule has 1 saturated carbocycles. The minimum atomic E-state index is -3.14. The third-order valence-corrected chi connectivity index (χ3v) is 6.37. The summed E-state index contributed by atoms with van der Waals surface area (Å²) < 4.78 is 23.0. The summed E-state index contributed by atoms with van der Waals surface area (Å²) in [5.41, 5.74) is 4.70. The van der Waals surface area contributed by atoms with Crippen molar-refractivity contribution in [3.8, 4) is 6.07 Å². The van der Waals surface area contributed by atoms with Gasteiger partial charge >= 0.3 is 5.92 Å². The molecule has 1 aromatic heterocycles. The number of hydrazine groups is 1. The number of hydrogen-bond donors (Lipinski definition) is 1. The van der Waals surface area contributed by atoms with E-state index in [0.29, 0.717) is 23.3 Å². The lowest BCUT2D eigenvalue weighted by atomic mass is 10.1. The number of ketones is 1. The van der Waals surface area contributed by atoms with Crippen LogP contribution < -0.4 is 10.4 Å². The van der Waals surface area contributed by atoms with Crippen LogP contribution in [0, 0.1) is 11.3 Å². The zero-order chi connectivity index (χ0) is 27.6. The van der Waals surface area contributed by atoms with Crippen LogP contribution in [0.4, 0.5) is 14.6 Å². The molecule has 0 aliphatic heterocycles. The zero-order valence-electron chi connectivity index (χ0n) is 21.6. The Balaban J connectivity index is 0.000000604. The van der Waals surface area contributed by atoms with Gasteiger partial charge in [-0.25, -0.2) is 4.98 Å². The van der Waals surface area contributed by atoms with Crippen LogP contribution in [0.15, 0.2) is 30.5 Å². The van der Waals surface area contributed by atoms with Crippen molar-refractivity contribution in [2.24, 2.45) is 0 Å². The monoisotopic (exact) mass is 534 g/mol. The van der Waals surface area contributed by atoms with Crippen molar-refractivity contribution in [3.05, 3.63) is 52.4 Å². The first-order chi connectivity index (χ1) is 17.5. The predicted molar refractivity (Wildman–Crippen MR) is 138 cm³/mol. The van der Waals surface area contributed by atoms with Crippen molar-refractivity contribution in [3.63, 3.8) is 0 Å². The van der Waals surface area contributed by atoms with Gasteiger partial charge in [-0.3, -0.25) is 24.9 Å². The maximum atomic E-state index is 13.0. The highest BCUT2D eigenvalue weighted by Crippen LogP contribution is 2.30. The molecule has 1 fully saturated rings. The molecule has 0 spiro atoms. The zero-order valence-corrected chi connectivity index (χ0v) is 22.4. The molecule has 2 aromatic rings. The van der Waals surface area contributed by atoms with Crippen molar-refractivity contribution in [2.45, 2.75) is 71.9 Å². The summed E-state index contributed by atoms with van der Waals surface area (Å²) in [4.78, 5) is 33.2. The number of halogens is 3. The molecule has 0 atom stereocenters. The number of Topliss-reactive ketones (excluding diaryl/α,β-unsaturated/α-hetero) is 1. The Labute approximate surface area is 221 Å². The Hall–Kier alpha value is -3.16. The van der Waals surface area contributed by atoms with Gasteiger partial charge in [-0.05, 0) is 43.6 Å². The van der Waals surface area contributed by atoms with Gasteiger partial charge in [0.15, 0.2) is 11.6 Å². The van der Waals surface area contributed by atoms with E-state index < -0.39 is 11.7 Å². The summed E-state index contributed by atoms with van der Waals surface area (Å²) in [5, 5.41) is 11.2. The number of alkyl halides is 2. The maximum absolute atomic E-state index is 13.0. The Morgan fingerprint density at radius 2 is 1.76 bits per heavy atom. The molecule has 1 aliphatic carbocycles. The summed E-state index contributed by atoms with van der Waals surface area (Å²) in [6.07, 6.45) is 5.39. The maximum Gasteiger partial charge on any atom is 0.302 e. The van der Waals surface area contributed by atoms with Gasteiger partial charge in [0.25, 0.3) is 5.91 Å². The Morgan fingerprint density at radius 3 is 2.24 bits per heavy atom. The topological polar surface area (TPSA) is 102 Å². The Kier molecular flexibility index (Phi) is 11.3. The molecular weight excluding hydrogens is 502 g/mol. The largest absolute Gasteiger partial charge is 0.302 e. The van der Waals surface area contributed by atoms with E-state index in [9.17, 15) is 18.4 Å². The third-order valence-electron chi connectivity index (χ3n) is 6.10. The molecule has 0 bridgehead atoms. The van der Waals surface area contributed by atoms with E-state index in [4.69, 9.17) is 16.9 Å². The van der Waals surface area contributed by atoms with Gasteiger partial charge in [-0.2, -0.15) is 19.0 Å². The van der Waals surface area contributed by atoms with Gasteiger partial charge < -0.3 is 0 Å². The lowest BCUT2D eigenvalue weighted by Crippen LogP contribution is -2.48. The molecule has 200 valence electrons. The fourth-order valence-corrected chi connectivity index (χ4v) is 3.88. The molecule has 0 radical (unpaired) electrons. The van der Waals surface area contributed by atoms with Crippen LogP contribution >= 0.6 is 11.6 Å². The first kappa shape index (κ1) is 30.1. The molecule has 1 aliphatic rings. The molecular formula is C26H33ClF2N6O2. The summed E-state index contributed by atoms with van der Waals surface area (Å²) in [5.74, 6) is -4.08. The minimum Gasteiger partial charge on any atom is -0.300 e. The number of carbonyl (C=O) groups is 2. The first-order valence-electron chi connectivity index (χ1n) is 12.2. The van der Waals surface area contributed by atoms with Gasteiger partial charge in [0, 0.05) is 26.0 Å². The number of anilines is 1. The Morgan fingerprint density at radius 1 is 1.19 bits per heavy atom. The van der Waals surface area contributed by atoms with Gasteiger partial charge in [-0.1, -0.05) is 50.4 Å². The highest BCUT2D eigenvalue weighted by Gasteiger charge is 2.28. The molecule has 1 aromatic carbocycles. The SMILES string of the molecule is CC(=O)C(C)(F)F.CCN(CC)Cc1ccc(C(=O)NN(c2nc(C#N)ncc2Cl)C2CCCC2)cc1. The number of amides is 1. The second kappa shape index (κ2) is 14.0. The van der Waals surface area contributed by atoms with Crippen LogP contribution in [0.25, 0.3) is 0 Å². The molecule has 0 unspecified atom stereocenters. The van der Waals surface area contributed by atoms with E-state index in [2.05, 4.69) is 34.1 Å². The number of hydrogen-bond acceptors (Lipinski definition) is 7. The van der Waals surface area contributed by atoms with Crippen LogP contribution in [0.2, 0.25) is 5.02 Å². The normalized spacial score (nSPS) is 13.5. The van der Waals surface area contributed by atoms with Crippen molar-refractivity contribution in [1.82, 2.24) is 20.3 Å². The van der Waals surface area contributed by atoms with E-state index in [1.54, 1.807) is 5.01 Å². The molecule has 0 saturated heterocycles. The molecule has 1 N–H and O–H groups in total. The smallest absolute Gasteiger partial charge is 0.300 e. The van der Waals surface area contributed by atoms with Crippen LogP contribution in [0.3, 0.4) is 0 Å². The van der Waals surface area contributed by atoms with Crippen LogP contribution in [-0.2, 0) is 11.3 Å². The fraction of sp³-hybridized carbons (Fsp3) is 0.500. The van der Waals surface area contributed by atoms with Crippen molar-refractivity contribution in [2.75, 3.05) is 18.1 Å². The predicted octanol–water partition coefficient (Wildman–Crippen LogP) is 5.17. The summed E-state index contributed by atoms with van der Waals surface area (Å²) in [6.45, 7) is 8.54. The number of aromatic nitrogens is 2. The summed E-state index contributed by atoms with van der Waals surface area (Å²) in [6, 6.07) is 9.65. The lowest BCUT2D eigenvalue weighted by molar-refractivity contribution is -0.138. The van der Waals surface area contributed by atoms with E-state index in [1.165, 1.54) is 11.8 Å². The summed E-state index contributed by atoms with van der Waals surface area (Å²) in [7, 11) is 0. The van der Waals surface area contributed by atoms with Gasteiger partial charge in [0.1, 0.15) is 11.1 Å². The number of nitrogens with zero attached hydrogens (tertiary/aromatic N) is 5. The van der Waals surface area contributed by atoms with Crippen molar-refractivity contribution in [1.29, 1.82) is 5.26 Å². The molecule has 37 heavy (non-hydrogen) atoms. The molecule has 1 heterocycles. The van der Waals surface area contributed by atoms with Crippen molar-refractivity contribution >= 4 is 29.1 Å². The second-order valence-electron chi connectivity index (χ2n) is 8.83. The standard InChI is InChI=1S/C22H27ClN6O.C4H6F2O/c1-3-28(4-2)15-16-9-11-17(12-10-16)22(30)27-29(18-7-5-6-8-18)21-19(23)14-25-20(13-24)26-21;1-3(7)4(2,5)6/h9-12,14,18H,3-8,15H2,1-2H3,(H,27,30);1-2H3. The summed E-state index contributed by atoms with van der Waals surface area (Å²) >= 11 is 6.32. The second-order valence-corrected chi connectivity index (χ2v) is 9.24. The molecule has 8 nitrogen and oxygen atoms in total. The van der Waals surface area contributed by atoms with Crippen molar-refractivity contribution < 1.29 is 18.4 Å². The highest BCUT2D eigenvalue weighted by atomic mass is 35.5. The van der Waals surface area contributed by atoms with Crippen LogP contribution in [0.1, 0.15) is 75.1 Å². The fourth-order valence-electron chi connectivity index (χ4n) is 3.70. The molecule has 3 rings (SSSR count). The van der Waals surface area contributed by atoms with Crippen LogP contribution in [0.5, 0.6) is 0 Å². The number of rotatable bonds is 9. The molecule has 11 heteroatoms. The Bertz CT molecular complexity index is 1090. The van der Waals surface area contributed by atoms with Gasteiger partial charge in [0.2, 0.25) is 5.82 Å². The highest BCUT2D eigenvalue weighted by molar-refractivity contribution is 6.32. The minimum absolute atomic E-state index is 0.0207. The van der Waals surface area contributed by atoms with E-state index in [1.807, 2.05) is 30.3 Å². The average Bonchev–Trinajstić information content (AvgIpc) is 3.41. The first-order valence-corrected chi connectivity index (χ1v) is 12.6. The van der Waals surface area contributed by atoms with Gasteiger partial charge in [0.05, 0.1) is 12.2 Å². The van der Waals surface area contributed by atoms with E-state index in [-0.39, 0.29) is 17.8 Å². The number of carbonyl (C=O) groups excluding carboxylic acids is 2. The molecule has 1 amide bonds. The average molecular weight is 535 g/mol. The number of nitriles is 1. The number of benzene rings is 1. The van der Waals surface area contributed by atoms with E-state index >= 15 is 0 Å². The third kappa shape index (κ3) is 9.02. The van der Waals surface area contributed by atoms with Crippen LogP contribution in [-0.4, -0.2) is 51.6 Å².